The topological polar surface area (TPSA) is 73.5 Å². The molecule has 0 aliphatic heterocycles. The summed E-state index contributed by atoms with van der Waals surface area (Å²) in [4.78, 5) is 4.13. The van der Waals surface area contributed by atoms with Crippen molar-refractivity contribution in [1.82, 2.24) is 24.2 Å². The molecule has 4 aromatic rings. The molecule has 0 atom stereocenters. The lowest BCUT2D eigenvalue weighted by molar-refractivity contribution is 0.628. The number of pyridine rings is 1. The zero-order valence-electron chi connectivity index (χ0n) is 12.1. The van der Waals surface area contributed by atoms with E-state index in [1.807, 2.05) is 25.3 Å². The largest absolute Gasteiger partial charge is 0.367 e. The molecule has 0 bridgehead atoms. The fraction of sp³-hybridized carbons (Fsp3) is 0.133. The second kappa shape index (κ2) is 4.27. The van der Waals surface area contributed by atoms with Gasteiger partial charge in [-0.05, 0) is 37.1 Å². The lowest BCUT2D eigenvalue weighted by atomic mass is 10.1. The maximum Gasteiger partial charge on any atom is 0.238 e. The van der Waals surface area contributed by atoms with Gasteiger partial charge in [0.2, 0.25) is 5.95 Å². The van der Waals surface area contributed by atoms with Crippen LogP contribution in [0.25, 0.3) is 22.2 Å². The summed E-state index contributed by atoms with van der Waals surface area (Å²) in [7, 11) is 0. The molecule has 4 heterocycles. The van der Waals surface area contributed by atoms with Crippen molar-refractivity contribution in [2.75, 3.05) is 5.73 Å². The number of aromatic nitrogens is 5. The van der Waals surface area contributed by atoms with Crippen LogP contribution in [-0.4, -0.2) is 24.2 Å². The van der Waals surface area contributed by atoms with Crippen molar-refractivity contribution in [1.29, 1.82) is 0 Å². The zero-order chi connectivity index (χ0) is 15.4. The summed E-state index contributed by atoms with van der Waals surface area (Å²) in [5, 5.41) is 8.27. The smallest absolute Gasteiger partial charge is 0.238 e. The van der Waals surface area contributed by atoms with Gasteiger partial charge in [-0.3, -0.25) is 0 Å². The van der Waals surface area contributed by atoms with Gasteiger partial charge < -0.3 is 5.73 Å². The summed E-state index contributed by atoms with van der Waals surface area (Å²) < 4.78 is 17.7. The lowest BCUT2D eigenvalue weighted by Crippen LogP contribution is -2.03. The van der Waals surface area contributed by atoms with Crippen molar-refractivity contribution in [3.8, 4) is 11.1 Å². The Morgan fingerprint density at radius 1 is 1.23 bits per heavy atom. The molecule has 110 valence electrons. The van der Waals surface area contributed by atoms with Gasteiger partial charge in [-0.1, -0.05) is 0 Å². The number of fused-ring (bicyclic) bond motifs is 2. The third-order valence-electron chi connectivity index (χ3n) is 3.78. The molecular weight excluding hydrogens is 283 g/mol. The summed E-state index contributed by atoms with van der Waals surface area (Å²) in [6.07, 6.45) is 4.92. The van der Waals surface area contributed by atoms with Crippen LogP contribution in [0.4, 0.5) is 10.3 Å². The van der Waals surface area contributed by atoms with Crippen LogP contribution in [0.5, 0.6) is 0 Å². The SMILES string of the molecule is Cc1cnn2ccc(-c3c(F)cn4nc(N)nc(C)c34)cc12. The number of nitrogens with zero attached hydrogens (tertiary/aromatic N) is 5. The first-order chi connectivity index (χ1) is 10.5. The minimum atomic E-state index is -0.357. The van der Waals surface area contributed by atoms with E-state index >= 15 is 0 Å². The molecule has 0 saturated carbocycles. The van der Waals surface area contributed by atoms with Crippen molar-refractivity contribution < 1.29 is 4.39 Å². The normalized spacial score (nSPS) is 11.6. The Kier molecular flexibility index (Phi) is 2.47. The molecule has 6 nitrogen and oxygen atoms in total. The maximum atomic E-state index is 14.5. The van der Waals surface area contributed by atoms with Crippen molar-refractivity contribution in [2.45, 2.75) is 13.8 Å². The van der Waals surface area contributed by atoms with E-state index in [4.69, 9.17) is 5.73 Å². The van der Waals surface area contributed by atoms with Gasteiger partial charge in [0, 0.05) is 11.8 Å². The van der Waals surface area contributed by atoms with Gasteiger partial charge in [-0.15, -0.1) is 5.10 Å². The molecule has 22 heavy (non-hydrogen) atoms. The van der Waals surface area contributed by atoms with E-state index < -0.39 is 0 Å². The molecule has 0 fully saturated rings. The number of rotatable bonds is 1. The average molecular weight is 296 g/mol. The van der Waals surface area contributed by atoms with Gasteiger partial charge in [-0.25, -0.2) is 18.4 Å². The Morgan fingerprint density at radius 2 is 2.05 bits per heavy atom. The van der Waals surface area contributed by atoms with Gasteiger partial charge in [0.1, 0.15) is 0 Å². The predicted molar refractivity (Wildman–Crippen MR) is 81.0 cm³/mol. The van der Waals surface area contributed by atoms with E-state index in [9.17, 15) is 4.39 Å². The quantitative estimate of drug-likeness (QED) is 0.585. The van der Waals surface area contributed by atoms with Crippen molar-refractivity contribution in [3.05, 3.63) is 47.8 Å². The van der Waals surface area contributed by atoms with E-state index in [0.717, 1.165) is 16.6 Å². The number of nitrogens with two attached hydrogens (primary N) is 1. The Labute approximate surface area is 125 Å². The standard InChI is InChI=1S/C15H13FN6/c1-8-6-18-21-4-3-10(5-12(8)21)13-11(16)7-22-14(13)9(2)19-15(17)20-22/h3-7H,1-2H3,(H2,17,20). The first-order valence-corrected chi connectivity index (χ1v) is 6.80. The molecule has 0 saturated heterocycles. The molecule has 4 rings (SSSR count). The molecule has 0 aliphatic rings. The van der Waals surface area contributed by atoms with E-state index in [0.29, 0.717) is 16.8 Å². The zero-order valence-corrected chi connectivity index (χ0v) is 12.1. The third kappa shape index (κ3) is 1.68. The molecule has 0 spiro atoms. The molecule has 0 amide bonds. The second-order valence-electron chi connectivity index (χ2n) is 5.27. The molecular formula is C15H13FN6. The van der Waals surface area contributed by atoms with Crippen molar-refractivity contribution in [2.24, 2.45) is 0 Å². The monoisotopic (exact) mass is 296 g/mol. The van der Waals surface area contributed by atoms with E-state index in [1.165, 1.54) is 10.7 Å². The number of hydrogen-bond acceptors (Lipinski definition) is 4. The third-order valence-corrected chi connectivity index (χ3v) is 3.78. The van der Waals surface area contributed by atoms with Crippen LogP contribution in [-0.2, 0) is 0 Å². The lowest BCUT2D eigenvalue weighted by Gasteiger charge is -2.05. The number of nitrogen functional groups attached to an aromatic ring is 1. The van der Waals surface area contributed by atoms with Crippen molar-refractivity contribution >= 4 is 17.0 Å². The van der Waals surface area contributed by atoms with Crippen molar-refractivity contribution in [3.63, 3.8) is 0 Å². The molecule has 0 unspecified atom stereocenters. The minimum Gasteiger partial charge on any atom is -0.367 e. The first kappa shape index (κ1) is 12.8. The number of halogens is 1. The minimum absolute atomic E-state index is 0.119. The Morgan fingerprint density at radius 3 is 2.86 bits per heavy atom. The van der Waals surface area contributed by atoms with E-state index in [1.54, 1.807) is 17.6 Å². The molecule has 4 aromatic heterocycles. The first-order valence-electron chi connectivity index (χ1n) is 6.80. The average Bonchev–Trinajstić information content (AvgIpc) is 2.99. The van der Waals surface area contributed by atoms with Crippen LogP contribution in [0.15, 0.2) is 30.7 Å². The summed E-state index contributed by atoms with van der Waals surface area (Å²) >= 11 is 0. The van der Waals surface area contributed by atoms with Gasteiger partial charge in [0.25, 0.3) is 0 Å². The van der Waals surface area contributed by atoms with Gasteiger partial charge in [-0.2, -0.15) is 5.10 Å². The van der Waals surface area contributed by atoms with Crippen LogP contribution in [0, 0.1) is 19.7 Å². The predicted octanol–water partition coefficient (Wildman–Crippen LogP) is 2.38. The second-order valence-corrected chi connectivity index (χ2v) is 5.27. The molecule has 0 aliphatic carbocycles. The number of aryl methyl sites for hydroxylation is 2. The molecule has 0 aromatic carbocycles. The van der Waals surface area contributed by atoms with Crippen LogP contribution < -0.4 is 5.73 Å². The number of hydrogen-bond donors (Lipinski definition) is 1. The van der Waals surface area contributed by atoms with E-state index in [2.05, 4.69) is 15.2 Å². The summed E-state index contributed by atoms with van der Waals surface area (Å²) in [6.45, 7) is 3.76. The van der Waals surface area contributed by atoms with Crippen LogP contribution in [0.2, 0.25) is 0 Å². The van der Waals surface area contributed by atoms with Gasteiger partial charge in [0.15, 0.2) is 5.82 Å². The highest BCUT2D eigenvalue weighted by molar-refractivity contribution is 5.84. The Bertz CT molecular complexity index is 1030. The fourth-order valence-corrected chi connectivity index (χ4v) is 2.78. The molecule has 7 heteroatoms. The Balaban J connectivity index is 2.07. The van der Waals surface area contributed by atoms with Crippen LogP contribution >= 0.6 is 0 Å². The Hall–Kier alpha value is -2.96. The summed E-state index contributed by atoms with van der Waals surface area (Å²) in [5.41, 5.74) is 10.1. The molecule has 0 radical (unpaired) electrons. The number of anilines is 1. The van der Waals surface area contributed by atoms with Crippen LogP contribution in [0.3, 0.4) is 0 Å². The van der Waals surface area contributed by atoms with E-state index in [-0.39, 0.29) is 11.8 Å². The van der Waals surface area contributed by atoms with Gasteiger partial charge in [0.05, 0.1) is 29.1 Å². The summed E-state index contributed by atoms with van der Waals surface area (Å²) in [5.74, 6) is -0.238. The highest BCUT2D eigenvalue weighted by Crippen LogP contribution is 2.31. The highest BCUT2D eigenvalue weighted by Gasteiger charge is 2.17. The maximum absolute atomic E-state index is 14.5. The summed E-state index contributed by atoms with van der Waals surface area (Å²) in [6, 6.07) is 3.74. The van der Waals surface area contributed by atoms with Crippen LogP contribution in [0.1, 0.15) is 11.3 Å². The molecule has 2 N–H and O–H groups in total. The highest BCUT2D eigenvalue weighted by atomic mass is 19.1. The fourth-order valence-electron chi connectivity index (χ4n) is 2.78. The van der Waals surface area contributed by atoms with Gasteiger partial charge >= 0.3 is 0 Å².